The van der Waals surface area contributed by atoms with Crippen molar-refractivity contribution in [3.63, 3.8) is 0 Å². The number of piperidine rings is 1. The summed E-state index contributed by atoms with van der Waals surface area (Å²) < 4.78 is 1.78. The zero-order valence-corrected chi connectivity index (χ0v) is 16.9. The van der Waals surface area contributed by atoms with Crippen LogP contribution in [0.4, 0.5) is 11.5 Å². The van der Waals surface area contributed by atoms with Gasteiger partial charge in [-0.2, -0.15) is 10.4 Å². The molecule has 1 fully saturated rings. The van der Waals surface area contributed by atoms with Gasteiger partial charge in [-0.15, -0.1) is 0 Å². The summed E-state index contributed by atoms with van der Waals surface area (Å²) in [6.45, 7) is 4.51. The summed E-state index contributed by atoms with van der Waals surface area (Å²) in [5, 5.41) is 17.3. The number of nitrogens with two attached hydrogens (primary N) is 1. The number of nitrogens with one attached hydrogen (secondary N) is 1. The van der Waals surface area contributed by atoms with Gasteiger partial charge in [0, 0.05) is 44.3 Å². The highest BCUT2D eigenvalue weighted by Gasteiger charge is 2.38. The van der Waals surface area contributed by atoms with Gasteiger partial charge in [0.1, 0.15) is 5.56 Å². The highest BCUT2D eigenvalue weighted by molar-refractivity contribution is 5.98. The lowest BCUT2D eigenvalue weighted by molar-refractivity contribution is 0.0998. The number of benzene rings is 1. The first-order valence-electron chi connectivity index (χ1n) is 9.71. The molecule has 3 rings (SSSR count). The number of hydrogen-bond acceptors (Lipinski definition) is 6. The van der Waals surface area contributed by atoms with Crippen LogP contribution in [0.3, 0.4) is 0 Å². The molecule has 0 radical (unpaired) electrons. The summed E-state index contributed by atoms with van der Waals surface area (Å²) in [6, 6.07) is 11.8. The zero-order valence-electron chi connectivity index (χ0n) is 16.9. The molecule has 29 heavy (non-hydrogen) atoms. The summed E-state index contributed by atoms with van der Waals surface area (Å²) in [6.07, 6.45) is 3.54. The smallest absolute Gasteiger partial charge is 0.254 e. The molecule has 0 atom stereocenters. The standard InChI is InChI=1S/C21H27N7O/c1-16(24-2)14-27-12-9-21(8-11-22,10-13-27)28-15-18(19(23)29)20(26-28)25-17-6-4-3-5-7-17/h3-7,15H,8-10,12-14H2,1-2H3,(H2,23,29)(H,25,26). The van der Waals surface area contributed by atoms with E-state index in [1.54, 1.807) is 17.9 Å². The Morgan fingerprint density at radius 3 is 2.62 bits per heavy atom. The lowest BCUT2D eigenvalue weighted by Crippen LogP contribution is -2.47. The molecule has 2 heterocycles. The third-order valence-corrected chi connectivity index (χ3v) is 5.53. The molecule has 3 N–H and O–H groups in total. The average Bonchev–Trinajstić information content (AvgIpc) is 3.15. The number of aromatic nitrogens is 2. The molecule has 1 aromatic carbocycles. The number of primary amides is 1. The molecular weight excluding hydrogens is 366 g/mol. The van der Waals surface area contributed by atoms with Crippen molar-refractivity contribution in [3.8, 4) is 6.07 Å². The minimum atomic E-state index is -0.547. The van der Waals surface area contributed by atoms with Gasteiger partial charge in [-0.3, -0.25) is 19.4 Å². The molecule has 8 nitrogen and oxygen atoms in total. The molecule has 1 amide bonds. The predicted octanol–water partition coefficient (Wildman–Crippen LogP) is 2.52. The van der Waals surface area contributed by atoms with E-state index in [-0.39, 0.29) is 0 Å². The molecule has 0 spiro atoms. The topological polar surface area (TPSA) is 112 Å². The minimum Gasteiger partial charge on any atom is -0.365 e. The molecule has 1 aromatic heterocycles. The maximum Gasteiger partial charge on any atom is 0.254 e. The summed E-state index contributed by atoms with van der Waals surface area (Å²) in [7, 11) is 1.80. The number of hydrogen-bond donors (Lipinski definition) is 2. The fourth-order valence-electron chi connectivity index (χ4n) is 3.70. The van der Waals surface area contributed by atoms with Crippen molar-refractivity contribution in [3.05, 3.63) is 42.1 Å². The number of nitriles is 1. The molecule has 0 bridgehead atoms. The second-order valence-corrected chi connectivity index (χ2v) is 7.49. The number of rotatable bonds is 7. The van der Waals surface area contributed by atoms with E-state index in [1.807, 2.05) is 37.3 Å². The normalized spacial score (nSPS) is 16.9. The first kappa shape index (κ1) is 20.6. The summed E-state index contributed by atoms with van der Waals surface area (Å²) >= 11 is 0. The summed E-state index contributed by atoms with van der Waals surface area (Å²) in [5.74, 6) is -0.133. The second-order valence-electron chi connectivity index (χ2n) is 7.49. The lowest BCUT2D eigenvalue weighted by Gasteiger charge is -2.40. The van der Waals surface area contributed by atoms with Crippen LogP contribution in [0.1, 0.15) is 36.5 Å². The molecule has 1 saturated heterocycles. The van der Waals surface area contributed by atoms with E-state index in [9.17, 15) is 10.1 Å². The van der Waals surface area contributed by atoms with Crippen molar-refractivity contribution >= 4 is 23.1 Å². The number of para-hydroxylation sites is 1. The fourth-order valence-corrected chi connectivity index (χ4v) is 3.70. The third-order valence-electron chi connectivity index (χ3n) is 5.53. The van der Waals surface area contributed by atoms with Crippen LogP contribution >= 0.6 is 0 Å². The number of aliphatic imine (C=N–C) groups is 1. The van der Waals surface area contributed by atoms with Gasteiger partial charge in [-0.1, -0.05) is 18.2 Å². The van der Waals surface area contributed by atoms with Gasteiger partial charge in [-0.05, 0) is 31.9 Å². The van der Waals surface area contributed by atoms with Crippen molar-refractivity contribution in [2.45, 2.75) is 31.7 Å². The molecule has 0 aliphatic carbocycles. The first-order chi connectivity index (χ1) is 14.0. The van der Waals surface area contributed by atoms with Crippen LogP contribution in [0.2, 0.25) is 0 Å². The Hall–Kier alpha value is -3.18. The largest absolute Gasteiger partial charge is 0.365 e. The Morgan fingerprint density at radius 1 is 1.34 bits per heavy atom. The number of likely N-dealkylation sites (tertiary alicyclic amines) is 1. The van der Waals surface area contributed by atoms with Crippen molar-refractivity contribution in [1.29, 1.82) is 5.26 Å². The molecule has 1 aliphatic heterocycles. The SMILES string of the molecule is CN=C(C)CN1CCC(CC#N)(n2cc(C(N)=O)c(Nc3ccccc3)n2)CC1. The van der Waals surface area contributed by atoms with Crippen LogP contribution in [-0.4, -0.2) is 53.0 Å². The molecule has 0 saturated carbocycles. The Morgan fingerprint density at radius 2 is 2.03 bits per heavy atom. The minimum absolute atomic E-state index is 0.322. The van der Waals surface area contributed by atoms with E-state index in [0.29, 0.717) is 17.8 Å². The van der Waals surface area contributed by atoms with Crippen LogP contribution in [-0.2, 0) is 5.54 Å². The van der Waals surface area contributed by atoms with Crippen LogP contribution in [0.25, 0.3) is 0 Å². The Bertz CT molecular complexity index is 918. The number of amides is 1. The number of carbonyl (C=O) groups excluding carboxylic acids is 1. The van der Waals surface area contributed by atoms with E-state index >= 15 is 0 Å². The molecule has 152 valence electrons. The fraction of sp³-hybridized carbons (Fsp3) is 0.429. The Balaban J connectivity index is 1.87. The van der Waals surface area contributed by atoms with E-state index in [4.69, 9.17) is 5.73 Å². The summed E-state index contributed by atoms with van der Waals surface area (Å²) in [4.78, 5) is 18.6. The average molecular weight is 393 g/mol. The molecule has 2 aromatic rings. The van der Waals surface area contributed by atoms with Crippen molar-refractivity contribution < 1.29 is 4.79 Å². The maximum atomic E-state index is 12.0. The summed E-state index contributed by atoms with van der Waals surface area (Å²) in [5.41, 5.74) is 7.37. The van der Waals surface area contributed by atoms with Gasteiger partial charge >= 0.3 is 0 Å². The van der Waals surface area contributed by atoms with Gasteiger partial charge in [0.25, 0.3) is 5.91 Å². The quantitative estimate of drug-likeness (QED) is 0.702. The zero-order chi connectivity index (χ0) is 20.9. The van der Waals surface area contributed by atoms with Crippen LogP contribution in [0, 0.1) is 11.3 Å². The van der Waals surface area contributed by atoms with Gasteiger partial charge < -0.3 is 11.1 Å². The van der Waals surface area contributed by atoms with Gasteiger partial charge in [0.05, 0.1) is 18.0 Å². The van der Waals surface area contributed by atoms with Crippen molar-refractivity contribution in [1.82, 2.24) is 14.7 Å². The van der Waals surface area contributed by atoms with E-state index in [1.165, 1.54) is 0 Å². The van der Waals surface area contributed by atoms with Gasteiger partial charge in [0.2, 0.25) is 0 Å². The molecule has 1 aliphatic rings. The predicted molar refractivity (Wildman–Crippen MR) is 113 cm³/mol. The number of nitrogens with zero attached hydrogens (tertiary/aromatic N) is 5. The first-order valence-corrected chi connectivity index (χ1v) is 9.71. The maximum absolute atomic E-state index is 12.0. The Labute approximate surface area is 171 Å². The third kappa shape index (κ3) is 4.63. The van der Waals surface area contributed by atoms with Gasteiger partial charge in [0.15, 0.2) is 5.82 Å². The molecule has 0 unspecified atom stereocenters. The number of carbonyl (C=O) groups is 1. The van der Waals surface area contributed by atoms with Crippen LogP contribution in [0.15, 0.2) is 41.5 Å². The van der Waals surface area contributed by atoms with Crippen LogP contribution < -0.4 is 11.1 Å². The molecule has 8 heteroatoms. The van der Waals surface area contributed by atoms with E-state index < -0.39 is 11.4 Å². The monoisotopic (exact) mass is 393 g/mol. The van der Waals surface area contributed by atoms with Crippen LogP contribution in [0.5, 0.6) is 0 Å². The Kier molecular flexibility index (Phi) is 6.29. The van der Waals surface area contributed by atoms with E-state index in [2.05, 4.69) is 26.4 Å². The van der Waals surface area contributed by atoms with E-state index in [0.717, 1.165) is 43.9 Å². The second kappa shape index (κ2) is 8.88. The highest BCUT2D eigenvalue weighted by Crippen LogP contribution is 2.35. The molecular formula is C21H27N7O. The number of anilines is 2. The van der Waals surface area contributed by atoms with Crippen molar-refractivity contribution in [2.24, 2.45) is 10.7 Å². The highest BCUT2D eigenvalue weighted by atomic mass is 16.1. The van der Waals surface area contributed by atoms with Crippen molar-refractivity contribution in [2.75, 3.05) is 32.0 Å². The lowest BCUT2D eigenvalue weighted by atomic mass is 9.85. The van der Waals surface area contributed by atoms with Gasteiger partial charge in [-0.25, -0.2) is 0 Å².